The molecule has 0 fully saturated rings. The van der Waals surface area contributed by atoms with E-state index < -0.39 is 27.9 Å². The number of sulfonamides is 1. The van der Waals surface area contributed by atoms with Crippen molar-refractivity contribution in [3.8, 4) is 11.5 Å². The Kier molecular flexibility index (Phi) is 9.20. The van der Waals surface area contributed by atoms with Crippen LogP contribution in [0.4, 0.5) is 5.69 Å². The van der Waals surface area contributed by atoms with Crippen LogP contribution in [0.1, 0.15) is 25.0 Å². The van der Waals surface area contributed by atoms with Crippen molar-refractivity contribution in [2.75, 3.05) is 19.5 Å². The maximum absolute atomic E-state index is 12.9. The van der Waals surface area contributed by atoms with Crippen molar-refractivity contribution in [3.05, 3.63) is 47.5 Å². The lowest BCUT2D eigenvalue weighted by molar-refractivity contribution is -0.119. The average Bonchev–Trinajstić information content (AvgIpc) is 2.77. The zero-order chi connectivity index (χ0) is 26.3. The SMILES string of the molecule is COc1ccc(CC(=O)NC(N)=N[C@@H](C(=O)Nc2cc(S(N)(=O)=O)ccc2C)C(C)C)cc1OC. The number of aryl methyl sites for hydroxylation is 1. The van der Waals surface area contributed by atoms with Gasteiger partial charge in [-0.25, -0.2) is 18.5 Å². The fourth-order valence-electron chi connectivity index (χ4n) is 3.18. The number of carbonyl (C=O) groups is 2. The molecule has 0 aliphatic heterocycles. The van der Waals surface area contributed by atoms with Gasteiger partial charge in [-0.2, -0.15) is 0 Å². The lowest BCUT2D eigenvalue weighted by atomic mass is 10.0. The number of nitrogens with two attached hydrogens (primary N) is 2. The van der Waals surface area contributed by atoms with E-state index >= 15 is 0 Å². The number of hydrogen-bond acceptors (Lipinski definition) is 7. The summed E-state index contributed by atoms with van der Waals surface area (Å²) in [6, 6.07) is 8.29. The summed E-state index contributed by atoms with van der Waals surface area (Å²) in [5.41, 5.74) is 7.48. The van der Waals surface area contributed by atoms with Gasteiger partial charge in [-0.3, -0.25) is 14.9 Å². The highest BCUT2D eigenvalue weighted by Crippen LogP contribution is 2.27. The Labute approximate surface area is 204 Å². The zero-order valence-corrected chi connectivity index (χ0v) is 21.1. The number of nitrogens with zero attached hydrogens (tertiary/aromatic N) is 1. The average molecular weight is 506 g/mol. The number of ether oxygens (including phenoxy) is 2. The van der Waals surface area contributed by atoms with Gasteiger partial charge in [-0.1, -0.05) is 26.0 Å². The molecule has 2 aromatic rings. The first-order valence-corrected chi connectivity index (χ1v) is 12.2. The third-order valence-electron chi connectivity index (χ3n) is 5.05. The zero-order valence-electron chi connectivity index (χ0n) is 20.3. The van der Waals surface area contributed by atoms with E-state index in [-0.39, 0.29) is 28.9 Å². The summed E-state index contributed by atoms with van der Waals surface area (Å²) in [6.07, 6.45) is -0.00529. The van der Waals surface area contributed by atoms with Crippen molar-refractivity contribution in [1.82, 2.24) is 5.32 Å². The highest BCUT2D eigenvalue weighted by atomic mass is 32.2. The van der Waals surface area contributed by atoms with E-state index in [4.69, 9.17) is 20.3 Å². The largest absolute Gasteiger partial charge is 0.493 e. The number of hydrogen-bond donors (Lipinski definition) is 4. The van der Waals surface area contributed by atoms with Crippen LogP contribution in [0.25, 0.3) is 0 Å². The van der Waals surface area contributed by atoms with Crippen molar-refractivity contribution < 1.29 is 27.5 Å². The molecule has 0 aromatic heterocycles. The minimum Gasteiger partial charge on any atom is -0.493 e. The molecule has 6 N–H and O–H groups in total. The van der Waals surface area contributed by atoms with Gasteiger partial charge in [0.2, 0.25) is 21.8 Å². The van der Waals surface area contributed by atoms with Gasteiger partial charge in [0.25, 0.3) is 0 Å². The minimum absolute atomic E-state index is 0.00529. The number of benzene rings is 2. The van der Waals surface area contributed by atoms with Crippen LogP contribution in [0.2, 0.25) is 0 Å². The van der Waals surface area contributed by atoms with Crippen LogP contribution >= 0.6 is 0 Å². The molecule has 0 heterocycles. The number of carbonyl (C=O) groups excluding carboxylic acids is 2. The first-order chi connectivity index (χ1) is 16.3. The molecule has 0 aliphatic rings. The van der Waals surface area contributed by atoms with E-state index in [9.17, 15) is 18.0 Å². The van der Waals surface area contributed by atoms with Crippen LogP contribution in [-0.4, -0.2) is 46.5 Å². The van der Waals surface area contributed by atoms with Gasteiger partial charge in [-0.15, -0.1) is 0 Å². The van der Waals surface area contributed by atoms with Crippen molar-refractivity contribution in [3.63, 3.8) is 0 Å². The number of methoxy groups -OCH3 is 2. The van der Waals surface area contributed by atoms with Gasteiger partial charge in [0, 0.05) is 5.69 Å². The second-order valence-electron chi connectivity index (χ2n) is 8.13. The molecule has 190 valence electrons. The Bertz CT molecular complexity index is 1230. The van der Waals surface area contributed by atoms with Gasteiger partial charge in [0.1, 0.15) is 6.04 Å². The van der Waals surface area contributed by atoms with Crippen LogP contribution in [0, 0.1) is 12.8 Å². The summed E-state index contributed by atoms with van der Waals surface area (Å²) in [6.45, 7) is 5.24. The summed E-state index contributed by atoms with van der Waals surface area (Å²) in [5, 5.41) is 10.3. The maximum Gasteiger partial charge on any atom is 0.249 e. The van der Waals surface area contributed by atoms with E-state index in [1.165, 1.54) is 32.4 Å². The molecule has 2 amide bonds. The molecule has 0 bridgehead atoms. The molecule has 0 saturated heterocycles. The van der Waals surface area contributed by atoms with Crippen LogP contribution in [-0.2, 0) is 26.0 Å². The molecule has 11 nitrogen and oxygen atoms in total. The third kappa shape index (κ3) is 7.69. The molecule has 0 radical (unpaired) electrons. The van der Waals surface area contributed by atoms with Crippen molar-refractivity contribution >= 4 is 33.5 Å². The molecule has 35 heavy (non-hydrogen) atoms. The first kappa shape index (κ1) is 27.6. The van der Waals surface area contributed by atoms with Gasteiger partial charge in [0.15, 0.2) is 17.5 Å². The topological polar surface area (TPSA) is 175 Å². The van der Waals surface area contributed by atoms with Crippen molar-refractivity contribution in [1.29, 1.82) is 0 Å². The Morgan fingerprint density at radius 1 is 1.06 bits per heavy atom. The van der Waals surface area contributed by atoms with E-state index in [0.717, 1.165) is 0 Å². The molecule has 2 rings (SSSR count). The monoisotopic (exact) mass is 505 g/mol. The van der Waals surface area contributed by atoms with Crippen molar-refractivity contribution in [2.45, 2.75) is 38.1 Å². The van der Waals surface area contributed by atoms with Crippen LogP contribution < -0.4 is 31.0 Å². The van der Waals surface area contributed by atoms with Crippen LogP contribution in [0.5, 0.6) is 11.5 Å². The fourth-order valence-corrected chi connectivity index (χ4v) is 3.71. The minimum atomic E-state index is -3.94. The molecular weight excluding hydrogens is 474 g/mol. The van der Waals surface area contributed by atoms with Crippen LogP contribution in [0.3, 0.4) is 0 Å². The van der Waals surface area contributed by atoms with Gasteiger partial charge in [0.05, 0.1) is 25.5 Å². The van der Waals surface area contributed by atoms with Gasteiger partial charge < -0.3 is 20.5 Å². The smallest absolute Gasteiger partial charge is 0.249 e. The predicted molar refractivity (Wildman–Crippen MR) is 133 cm³/mol. The molecular formula is C23H31N5O6S. The molecule has 0 unspecified atom stereocenters. The fraction of sp³-hybridized carbons (Fsp3) is 0.348. The number of primary sulfonamides is 1. The number of rotatable bonds is 9. The Hall–Kier alpha value is -3.64. The number of aliphatic imine (C=N–C) groups is 1. The number of amides is 2. The Morgan fingerprint density at radius 3 is 2.29 bits per heavy atom. The van der Waals surface area contributed by atoms with Gasteiger partial charge >= 0.3 is 0 Å². The lowest BCUT2D eigenvalue weighted by Gasteiger charge is -2.18. The number of guanidine groups is 1. The normalized spacial score (nSPS) is 12.7. The molecule has 0 aliphatic carbocycles. The summed E-state index contributed by atoms with van der Waals surface area (Å²) in [7, 11) is -0.932. The van der Waals surface area contributed by atoms with Crippen LogP contribution in [0.15, 0.2) is 46.3 Å². The Morgan fingerprint density at radius 2 is 1.71 bits per heavy atom. The highest BCUT2D eigenvalue weighted by molar-refractivity contribution is 7.89. The summed E-state index contributed by atoms with van der Waals surface area (Å²) >= 11 is 0. The number of nitrogens with one attached hydrogen (secondary N) is 2. The van der Waals surface area contributed by atoms with Gasteiger partial charge in [-0.05, 0) is 48.2 Å². The molecule has 0 saturated carbocycles. The second kappa shape index (κ2) is 11.7. The van der Waals surface area contributed by atoms with Crippen molar-refractivity contribution in [2.24, 2.45) is 21.8 Å². The number of anilines is 1. The first-order valence-electron chi connectivity index (χ1n) is 10.6. The maximum atomic E-state index is 12.9. The van der Waals surface area contributed by atoms with E-state index in [1.807, 2.05) is 0 Å². The summed E-state index contributed by atoms with van der Waals surface area (Å²) in [4.78, 5) is 29.4. The van der Waals surface area contributed by atoms with E-state index in [2.05, 4.69) is 15.6 Å². The predicted octanol–water partition coefficient (Wildman–Crippen LogP) is 1.30. The lowest BCUT2D eigenvalue weighted by Crippen LogP contribution is -2.41. The van der Waals surface area contributed by atoms with E-state index in [0.29, 0.717) is 22.6 Å². The third-order valence-corrected chi connectivity index (χ3v) is 5.96. The summed E-state index contributed by atoms with van der Waals surface area (Å²) < 4.78 is 33.7. The highest BCUT2D eigenvalue weighted by Gasteiger charge is 2.23. The van der Waals surface area contributed by atoms with E-state index in [1.54, 1.807) is 39.0 Å². The molecule has 0 spiro atoms. The Balaban J connectivity index is 2.14. The summed E-state index contributed by atoms with van der Waals surface area (Å²) in [5.74, 6) is -0.437. The molecule has 12 heteroatoms. The standard InChI is InChI=1S/C23H31N5O6S/c1-13(2)21(22(30)26-17-12-16(35(25,31)32)8-6-14(17)3)28-23(24)27-20(29)11-15-7-9-18(33-4)19(10-15)34-5/h6-10,12-13,21H,11H2,1-5H3,(H,26,30)(H2,25,31,32)(H3,24,27,28,29)/t21-/m1/s1. The molecule has 2 aromatic carbocycles. The quantitative estimate of drug-likeness (QED) is 0.293. The second-order valence-corrected chi connectivity index (χ2v) is 9.69. The molecule has 1 atom stereocenters.